The van der Waals surface area contributed by atoms with E-state index in [4.69, 9.17) is 11.1 Å². The first-order valence-electron chi connectivity index (χ1n) is 6.06. The van der Waals surface area contributed by atoms with Crippen molar-refractivity contribution < 1.29 is 16.8 Å². The molecule has 0 bridgehead atoms. The van der Waals surface area contributed by atoms with Gasteiger partial charge in [0.05, 0.1) is 22.6 Å². The molecule has 1 atom stereocenters. The average Bonchev–Trinajstić information content (AvgIpc) is 2.27. The van der Waals surface area contributed by atoms with Gasteiger partial charge in [0.15, 0.2) is 0 Å². The Morgan fingerprint density at radius 2 is 1.89 bits per heavy atom. The van der Waals surface area contributed by atoms with Crippen LogP contribution in [0, 0.1) is 11.3 Å². The number of rotatable bonds is 5. The first-order chi connectivity index (χ1) is 8.56. The quantitative estimate of drug-likeness (QED) is 0.518. The summed E-state index contributed by atoms with van der Waals surface area (Å²) in [4.78, 5) is 0. The van der Waals surface area contributed by atoms with Crippen molar-refractivity contribution >= 4 is 25.7 Å². The van der Waals surface area contributed by atoms with Crippen LogP contribution in [0.15, 0.2) is 0 Å². The van der Waals surface area contributed by atoms with Crippen LogP contribution in [0.4, 0.5) is 0 Å². The summed E-state index contributed by atoms with van der Waals surface area (Å²) in [6.07, 6.45) is 0.285. The predicted octanol–water partition coefficient (Wildman–Crippen LogP) is -0.603. The van der Waals surface area contributed by atoms with E-state index in [0.29, 0.717) is 0 Å². The fourth-order valence-electron chi connectivity index (χ4n) is 2.01. The molecule has 0 aromatic carbocycles. The van der Waals surface area contributed by atoms with Gasteiger partial charge in [-0.05, 0) is 12.8 Å². The number of nitrogens with two attached hydrogens (primary N) is 1. The van der Waals surface area contributed by atoms with Gasteiger partial charge in [0, 0.05) is 19.5 Å². The molecule has 1 unspecified atom stereocenters. The average molecular weight is 311 g/mol. The summed E-state index contributed by atoms with van der Waals surface area (Å²) in [6.45, 7) is 1.82. The lowest BCUT2D eigenvalue weighted by molar-refractivity contribution is 0.429. The minimum absolute atomic E-state index is 0.0618. The summed E-state index contributed by atoms with van der Waals surface area (Å²) < 4.78 is 48.3. The van der Waals surface area contributed by atoms with Crippen LogP contribution in [0.1, 0.15) is 19.8 Å². The predicted molar refractivity (Wildman–Crippen MR) is 74.3 cm³/mol. The highest BCUT2D eigenvalue weighted by molar-refractivity contribution is 7.92. The number of sulfonamides is 1. The first-order valence-corrected chi connectivity index (χ1v) is 9.38. The molecule has 0 saturated carbocycles. The van der Waals surface area contributed by atoms with Crippen molar-refractivity contribution in [2.45, 2.75) is 25.0 Å². The van der Waals surface area contributed by atoms with E-state index < -0.39 is 25.1 Å². The van der Waals surface area contributed by atoms with Gasteiger partial charge < -0.3 is 5.73 Å². The third kappa shape index (κ3) is 4.15. The van der Waals surface area contributed by atoms with Crippen LogP contribution in [-0.2, 0) is 19.9 Å². The molecule has 1 saturated heterocycles. The van der Waals surface area contributed by atoms with Gasteiger partial charge in [0.1, 0.15) is 9.84 Å². The molecule has 112 valence electrons. The Balaban J connectivity index is 2.73. The van der Waals surface area contributed by atoms with Gasteiger partial charge in [-0.15, -0.1) is 0 Å². The van der Waals surface area contributed by atoms with Gasteiger partial charge in [-0.25, -0.2) is 21.1 Å². The van der Waals surface area contributed by atoms with Crippen LogP contribution in [0.3, 0.4) is 0 Å². The van der Waals surface area contributed by atoms with Gasteiger partial charge in [-0.1, -0.05) is 6.92 Å². The molecule has 0 amide bonds. The van der Waals surface area contributed by atoms with Crippen molar-refractivity contribution in [2.75, 3.05) is 25.1 Å². The molecular formula is C10H21N3O4S2. The van der Waals surface area contributed by atoms with E-state index in [0.717, 1.165) is 0 Å². The lowest BCUT2D eigenvalue weighted by atomic mass is 10.2. The summed E-state index contributed by atoms with van der Waals surface area (Å²) in [5.74, 6) is -0.569. The Kier molecular flexibility index (Phi) is 4.97. The van der Waals surface area contributed by atoms with Crippen molar-refractivity contribution in [3.8, 4) is 0 Å². The van der Waals surface area contributed by atoms with Gasteiger partial charge in [0.25, 0.3) is 0 Å². The zero-order valence-electron chi connectivity index (χ0n) is 11.2. The monoisotopic (exact) mass is 311 g/mol. The maximum Gasteiger partial charge on any atom is 0.216 e. The van der Waals surface area contributed by atoms with Crippen LogP contribution in [0.25, 0.3) is 0 Å². The van der Waals surface area contributed by atoms with E-state index in [2.05, 4.69) is 0 Å². The standard InChI is InChI=1S/C10H21N3O4S2/c1-8(10(11)12)7-13(2)19(16,17)9-3-5-18(14,15)6-4-9/h8-9H,3-7H2,1-2H3,(H3,11,12). The van der Waals surface area contributed by atoms with Crippen molar-refractivity contribution in [1.82, 2.24) is 4.31 Å². The van der Waals surface area contributed by atoms with Gasteiger partial charge in [-0.2, -0.15) is 0 Å². The summed E-state index contributed by atoms with van der Waals surface area (Å²) in [5, 5.41) is 6.62. The molecule has 1 fully saturated rings. The lowest BCUT2D eigenvalue weighted by Gasteiger charge is -2.28. The van der Waals surface area contributed by atoms with E-state index in [1.165, 1.54) is 11.4 Å². The number of nitrogens with zero attached hydrogens (tertiary/aromatic N) is 1. The summed E-state index contributed by atoms with van der Waals surface area (Å²) in [5.41, 5.74) is 5.32. The van der Waals surface area contributed by atoms with Crippen molar-refractivity contribution in [2.24, 2.45) is 11.7 Å². The van der Waals surface area contributed by atoms with E-state index in [9.17, 15) is 16.8 Å². The van der Waals surface area contributed by atoms with Crippen LogP contribution in [-0.4, -0.2) is 57.3 Å². The Hall–Kier alpha value is -0.670. The maximum absolute atomic E-state index is 12.3. The maximum atomic E-state index is 12.3. The molecule has 1 aliphatic rings. The number of sulfone groups is 1. The molecule has 1 heterocycles. The highest BCUT2D eigenvalue weighted by atomic mass is 32.2. The largest absolute Gasteiger partial charge is 0.387 e. The molecule has 0 aliphatic carbocycles. The molecule has 1 aliphatic heterocycles. The minimum atomic E-state index is -3.52. The smallest absolute Gasteiger partial charge is 0.216 e. The molecule has 19 heavy (non-hydrogen) atoms. The molecular weight excluding hydrogens is 290 g/mol. The van der Waals surface area contributed by atoms with Crippen LogP contribution >= 0.6 is 0 Å². The van der Waals surface area contributed by atoms with Crippen molar-refractivity contribution in [1.29, 1.82) is 5.41 Å². The first kappa shape index (κ1) is 16.4. The molecule has 0 aromatic heterocycles. The number of hydrogen-bond acceptors (Lipinski definition) is 5. The van der Waals surface area contributed by atoms with Gasteiger partial charge in [-0.3, -0.25) is 5.41 Å². The van der Waals surface area contributed by atoms with Crippen molar-refractivity contribution in [3.05, 3.63) is 0 Å². The SMILES string of the molecule is CC(CN(C)S(=O)(=O)C1CCS(=O)(=O)CC1)C(=N)N. The molecule has 9 heteroatoms. The van der Waals surface area contributed by atoms with E-state index in [1.807, 2.05) is 0 Å². The summed E-state index contributed by atoms with van der Waals surface area (Å²) >= 11 is 0. The topological polar surface area (TPSA) is 121 Å². The molecule has 0 spiro atoms. The third-order valence-electron chi connectivity index (χ3n) is 3.42. The fourth-order valence-corrected chi connectivity index (χ4v) is 5.57. The third-order valence-corrected chi connectivity index (χ3v) is 7.47. The second kappa shape index (κ2) is 5.76. The van der Waals surface area contributed by atoms with E-state index in [1.54, 1.807) is 6.92 Å². The van der Waals surface area contributed by atoms with Crippen LogP contribution in [0.5, 0.6) is 0 Å². The molecule has 0 aromatic rings. The zero-order chi connectivity index (χ0) is 14.8. The van der Waals surface area contributed by atoms with Gasteiger partial charge >= 0.3 is 0 Å². The number of amidine groups is 1. The lowest BCUT2D eigenvalue weighted by Crippen LogP contribution is -2.43. The Bertz CT molecular complexity index is 527. The van der Waals surface area contributed by atoms with Gasteiger partial charge in [0.2, 0.25) is 10.0 Å². The van der Waals surface area contributed by atoms with Crippen molar-refractivity contribution in [3.63, 3.8) is 0 Å². The molecule has 7 nitrogen and oxygen atoms in total. The van der Waals surface area contributed by atoms with Crippen LogP contribution < -0.4 is 5.73 Å². The second-order valence-electron chi connectivity index (χ2n) is 5.03. The Labute approximate surface area is 114 Å². The zero-order valence-corrected chi connectivity index (χ0v) is 12.8. The Morgan fingerprint density at radius 3 is 2.32 bits per heavy atom. The molecule has 0 radical (unpaired) electrons. The summed E-state index contributed by atoms with van der Waals surface area (Å²) in [7, 11) is -5.16. The summed E-state index contributed by atoms with van der Waals surface area (Å²) in [6, 6.07) is 0. The fraction of sp³-hybridized carbons (Fsp3) is 0.900. The normalized spacial score (nSPS) is 22.3. The van der Waals surface area contributed by atoms with E-state index >= 15 is 0 Å². The highest BCUT2D eigenvalue weighted by Gasteiger charge is 2.35. The van der Waals surface area contributed by atoms with E-state index in [-0.39, 0.29) is 42.6 Å². The van der Waals surface area contributed by atoms with Crippen LogP contribution in [0.2, 0.25) is 0 Å². The molecule has 1 rings (SSSR count). The highest BCUT2D eigenvalue weighted by Crippen LogP contribution is 2.22. The number of nitrogens with one attached hydrogen (secondary N) is 1. The Morgan fingerprint density at radius 1 is 1.42 bits per heavy atom. The second-order valence-corrected chi connectivity index (χ2v) is 9.66. The molecule has 3 N–H and O–H groups in total. The minimum Gasteiger partial charge on any atom is -0.387 e. The number of hydrogen-bond donors (Lipinski definition) is 2.